The van der Waals surface area contributed by atoms with E-state index in [9.17, 15) is 14.7 Å². The van der Waals surface area contributed by atoms with Crippen LogP contribution in [0, 0.1) is 28.6 Å². The van der Waals surface area contributed by atoms with Crippen LogP contribution in [-0.2, 0) is 9.59 Å². The van der Waals surface area contributed by atoms with Crippen molar-refractivity contribution in [2.45, 2.75) is 64.9 Å². The van der Waals surface area contributed by atoms with Crippen LogP contribution in [0.3, 0.4) is 0 Å². The van der Waals surface area contributed by atoms with E-state index in [1.54, 1.807) is 0 Å². The largest absolute Gasteiger partial charge is 0.393 e. The number of hydrogen-bond donors (Lipinski definition) is 1. The summed E-state index contributed by atoms with van der Waals surface area (Å²) in [7, 11) is 0. The first kappa shape index (κ1) is 14.6. The van der Waals surface area contributed by atoms with Crippen molar-refractivity contribution in [3.05, 3.63) is 11.6 Å². The minimum Gasteiger partial charge on any atom is -0.393 e. The average Bonchev–Trinajstić information content (AvgIpc) is 2.75. The third-order valence-electron chi connectivity index (χ3n) is 7.48. The standard InChI is InChI=1S/C19H26O3/c1-18-8-7-12(20)9-11(18)3-4-13-14-5-6-16(22)19(14,2)10-15(21)17(13)18/h3,12-14,17,20H,4-10H2,1-2H3/t12-,13?,14?,17?,18-,19-/m0/s1. The van der Waals surface area contributed by atoms with Gasteiger partial charge < -0.3 is 5.11 Å². The first-order valence-electron chi connectivity index (χ1n) is 8.80. The van der Waals surface area contributed by atoms with Gasteiger partial charge in [-0.25, -0.2) is 0 Å². The molecule has 4 aliphatic rings. The summed E-state index contributed by atoms with van der Waals surface area (Å²) in [6.45, 7) is 4.27. The second-order valence-corrected chi connectivity index (χ2v) is 8.55. The number of Topliss-reactive ketones (excluding diaryl/α,β-unsaturated/α-hetero) is 2. The number of carbonyl (C=O) groups excluding carboxylic acids is 2. The van der Waals surface area contributed by atoms with Crippen molar-refractivity contribution in [2.75, 3.05) is 0 Å². The number of fused-ring (bicyclic) bond motifs is 5. The van der Waals surface area contributed by atoms with Gasteiger partial charge >= 0.3 is 0 Å². The molecule has 0 aliphatic heterocycles. The predicted octanol–water partition coefficient (Wildman–Crippen LogP) is 3.06. The van der Waals surface area contributed by atoms with Crippen LogP contribution in [0.1, 0.15) is 58.8 Å². The number of carbonyl (C=O) groups is 2. The maximum absolute atomic E-state index is 13.0. The Balaban J connectivity index is 1.76. The van der Waals surface area contributed by atoms with Gasteiger partial charge in [-0.05, 0) is 49.4 Å². The van der Waals surface area contributed by atoms with E-state index in [0.717, 1.165) is 32.1 Å². The molecule has 3 nitrogen and oxygen atoms in total. The summed E-state index contributed by atoms with van der Waals surface area (Å²) < 4.78 is 0. The number of aliphatic hydroxyl groups excluding tert-OH is 1. The Morgan fingerprint density at radius 1 is 1.18 bits per heavy atom. The molecule has 0 spiro atoms. The lowest BCUT2D eigenvalue weighted by molar-refractivity contribution is -0.148. The number of allylic oxidation sites excluding steroid dienone is 1. The zero-order chi connectivity index (χ0) is 15.7. The molecule has 120 valence electrons. The van der Waals surface area contributed by atoms with Crippen molar-refractivity contribution in [2.24, 2.45) is 28.6 Å². The van der Waals surface area contributed by atoms with Crippen LogP contribution in [0.4, 0.5) is 0 Å². The second-order valence-electron chi connectivity index (χ2n) is 8.55. The molecule has 3 saturated carbocycles. The highest BCUT2D eigenvalue weighted by Gasteiger charge is 2.61. The van der Waals surface area contributed by atoms with Gasteiger partial charge in [0, 0.05) is 24.2 Å². The highest BCUT2D eigenvalue weighted by molar-refractivity contribution is 5.95. The van der Waals surface area contributed by atoms with E-state index < -0.39 is 5.41 Å². The Morgan fingerprint density at radius 3 is 2.73 bits per heavy atom. The van der Waals surface area contributed by atoms with Gasteiger partial charge in [-0.15, -0.1) is 0 Å². The predicted molar refractivity (Wildman–Crippen MR) is 83.1 cm³/mol. The summed E-state index contributed by atoms with van der Waals surface area (Å²) in [5.41, 5.74) is 0.828. The van der Waals surface area contributed by atoms with E-state index in [1.165, 1.54) is 5.57 Å². The highest BCUT2D eigenvalue weighted by atomic mass is 16.3. The third-order valence-corrected chi connectivity index (χ3v) is 7.48. The van der Waals surface area contributed by atoms with E-state index in [4.69, 9.17) is 0 Å². The van der Waals surface area contributed by atoms with Gasteiger partial charge in [0.2, 0.25) is 0 Å². The molecule has 4 rings (SSSR count). The number of rotatable bonds is 0. The Kier molecular flexibility index (Phi) is 3.01. The molecular formula is C19H26O3. The van der Waals surface area contributed by atoms with E-state index in [0.29, 0.717) is 36.2 Å². The van der Waals surface area contributed by atoms with Crippen LogP contribution < -0.4 is 0 Å². The molecule has 0 aromatic carbocycles. The van der Waals surface area contributed by atoms with Crippen molar-refractivity contribution in [1.29, 1.82) is 0 Å². The van der Waals surface area contributed by atoms with Crippen LogP contribution in [0.15, 0.2) is 11.6 Å². The number of aliphatic hydroxyl groups is 1. The zero-order valence-corrected chi connectivity index (χ0v) is 13.6. The van der Waals surface area contributed by atoms with Crippen molar-refractivity contribution < 1.29 is 14.7 Å². The molecule has 0 bridgehead atoms. The van der Waals surface area contributed by atoms with Gasteiger partial charge in [-0.3, -0.25) is 9.59 Å². The van der Waals surface area contributed by atoms with Crippen molar-refractivity contribution >= 4 is 11.6 Å². The van der Waals surface area contributed by atoms with Crippen LogP contribution in [0.2, 0.25) is 0 Å². The zero-order valence-electron chi connectivity index (χ0n) is 13.6. The fraction of sp³-hybridized carbons (Fsp3) is 0.789. The Morgan fingerprint density at radius 2 is 1.95 bits per heavy atom. The first-order valence-corrected chi connectivity index (χ1v) is 8.80. The summed E-state index contributed by atoms with van der Waals surface area (Å²) in [6, 6.07) is 0. The van der Waals surface area contributed by atoms with Gasteiger partial charge in [-0.2, -0.15) is 0 Å². The summed E-state index contributed by atoms with van der Waals surface area (Å²) in [4.78, 5) is 25.4. The summed E-state index contributed by atoms with van der Waals surface area (Å²) >= 11 is 0. The van der Waals surface area contributed by atoms with Crippen LogP contribution >= 0.6 is 0 Å². The highest BCUT2D eigenvalue weighted by Crippen LogP contribution is 2.62. The number of ketones is 2. The molecule has 0 aromatic rings. The maximum atomic E-state index is 13.0. The molecule has 0 saturated heterocycles. The van der Waals surface area contributed by atoms with Crippen LogP contribution in [0.25, 0.3) is 0 Å². The van der Waals surface area contributed by atoms with Crippen molar-refractivity contribution in [3.8, 4) is 0 Å². The lowest BCUT2D eigenvalue weighted by Crippen LogP contribution is -2.54. The van der Waals surface area contributed by atoms with Gasteiger partial charge in [-0.1, -0.05) is 25.5 Å². The Bertz CT molecular complexity index is 577. The van der Waals surface area contributed by atoms with E-state index in [-0.39, 0.29) is 17.4 Å². The topological polar surface area (TPSA) is 54.4 Å². The van der Waals surface area contributed by atoms with E-state index in [2.05, 4.69) is 13.0 Å². The third kappa shape index (κ3) is 1.72. The smallest absolute Gasteiger partial charge is 0.139 e. The lowest BCUT2D eigenvalue weighted by atomic mass is 9.47. The van der Waals surface area contributed by atoms with Gasteiger partial charge in [0.05, 0.1) is 6.10 Å². The molecular weight excluding hydrogens is 276 g/mol. The summed E-state index contributed by atoms with van der Waals surface area (Å²) in [5, 5.41) is 9.98. The van der Waals surface area contributed by atoms with Gasteiger partial charge in [0.1, 0.15) is 11.6 Å². The molecule has 1 N–H and O–H groups in total. The first-order chi connectivity index (χ1) is 10.4. The molecule has 22 heavy (non-hydrogen) atoms. The molecule has 0 radical (unpaired) electrons. The lowest BCUT2D eigenvalue weighted by Gasteiger charge is -2.55. The molecule has 0 amide bonds. The van der Waals surface area contributed by atoms with Crippen molar-refractivity contribution in [3.63, 3.8) is 0 Å². The average molecular weight is 302 g/mol. The molecule has 3 unspecified atom stereocenters. The van der Waals surface area contributed by atoms with Crippen LogP contribution in [0.5, 0.6) is 0 Å². The van der Waals surface area contributed by atoms with E-state index in [1.807, 2.05) is 6.92 Å². The summed E-state index contributed by atoms with van der Waals surface area (Å²) in [5.74, 6) is 1.40. The van der Waals surface area contributed by atoms with Crippen molar-refractivity contribution in [1.82, 2.24) is 0 Å². The summed E-state index contributed by atoms with van der Waals surface area (Å²) in [6.07, 6.45) is 7.47. The normalized spacial score (nSPS) is 51.0. The van der Waals surface area contributed by atoms with Gasteiger partial charge in [0.25, 0.3) is 0 Å². The number of hydrogen-bond acceptors (Lipinski definition) is 3. The maximum Gasteiger partial charge on any atom is 0.139 e. The Labute approximate surface area is 132 Å². The SMILES string of the molecule is C[C@]12CC[C@H](O)CC1=CCC1C2C(=O)C[C@]2(C)C(=O)CCC12. The molecule has 0 heterocycles. The Hall–Kier alpha value is -0.960. The second kappa shape index (κ2) is 4.53. The fourth-order valence-electron chi connectivity index (χ4n) is 6.25. The van der Waals surface area contributed by atoms with Crippen LogP contribution in [-0.4, -0.2) is 22.8 Å². The molecule has 3 fully saturated rings. The molecule has 4 aliphatic carbocycles. The minimum atomic E-state index is -0.395. The molecule has 6 atom stereocenters. The van der Waals surface area contributed by atoms with E-state index >= 15 is 0 Å². The monoisotopic (exact) mass is 302 g/mol. The van der Waals surface area contributed by atoms with Gasteiger partial charge in [0.15, 0.2) is 0 Å². The molecule has 0 aromatic heterocycles. The minimum absolute atomic E-state index is 0.0731. The molecule has 3 heteroatoms. The fourth-order valence-corrected chi connectivity index (χ4v) is 6.25. The quantitative estimate of drug-likeness (QED) is 0.700.